The Morgan fingerprint density at radius 2 is 2.00 bits per heavy atom. The van der Waals surface area contributed by atoms with Crippen molar-refractivity contribution in [1.29, 1.82) is 0 Å². The minimum atomic E-state index is -0.365. The van der Waals surface area contributed by atoms with Crippen LogP contribution in [0.1, 0.15) is 22.8 Å². The lowest BCUT2D eigenvalue weighted by Crippen LogP contribution is -2.45. The first-order chi connectivity index (χ1) is 11.0. The Hall–Kier alpha value is -2.37. The van der Waals surface area contributed by atoms with Crippen molar-refractivity contribution >= 4 is 17.7 Å². The number of fused-ring (bicyclic) bond motifs is 1. The average Bonchev–Trinajstić information content (AvgIpc) is 2.92. The van der Waals surface area contributed by atoms with Gasteiger partial charge in [0, 0.05) is 25.2 Å². The zero-order chi connectivity index (χ0) is 16.6. The second kappa shape index (κ2) is 6.02. The number of hydrogen-bond donors (Lipinski definition) is 1. The van der Waals surface area contributed by atoms with Crippen molar-refractivity contribution in [2.24, 2.45) is 17.6 Å². The summed E-state index contributed by atoms with van der Waals surface area (Å²) in [6.45, 7) is 3.40. The topological polar surface area (TPSA) is 83.7 Å². The van der Waals surface area contributed by atoms with Gasteiger partial charge in [-0.1, -0.05) is 25.1 Å². The van der Waals surface area contributed by atoms with E-state index < -0.39 is 0 Å². The SMILES string of the molecule is C[C@@H]1CN(C(=O)CN2CCc3ccccc3C2=O)C[C@H]1C(N)=O. The average molecular weight is 315 g/mol. The Bertz CT molecular complexity index is 658. The molecule has 6 nitrogen and oxygen atoms in total. The van der Waals surface area contributed by atoms with Crippen molar-refractivity contribution in [3.63, 3.8) is 0 Å². The first kappa shape index (κ1) is 15.5. The third kappa shape index (κ3) is 2.93. The van der Waals surface area contributed by atoms with Crippen LogP contribution in [0.25, 0.3) is 0 Å². The van der Waals surface area contributed by atoms with E-state index in [0.717, 1.165) is 12.0 Å². The van der Waals surface area contributed by atoms with Crippen LogP contribution in [0.15, 0.2) is 24.3 Å². The summed E-state index contributed by atoms with van der Waals surface area (Å²) in [7, 11) is 0. The Kier molecular flexibility index (Phi) is 4.07. The lowest BCUT2D eigenvalue weighted by molar-refractivity contribution is -0.131. The highest BCUT2D eigenvalue weighted by Crippen LogP contribution is 2.23. The summed E-state index contributed by atoms with van der Waals surface area (Å²) in [5.74, 6) is -0.811. The van der Waals surface area contributed by atoms with Crippen molar-refractivity contribution in [3.8, 4) is 0 Å². The molecule has 0 bridgehead atoms. The molecule has 1 aromatic rings. The van der Waals surface area contributed by atoms with Gasteiger partial charge in [0.05, 0.1) is 5.92 Å². The highest BCUT2D eigenvalue weighted by Gasteiger charge is 2.37. The van der Waals surface area contributed by atoms with Crippen LogP contribution in [0.5, 0.6) is 0 Å². The van der Waals surface area contributed by atoms with Gasteiger partial charge in [-0.05, 0) is 24.0 Å². The van der Waals surface area contributed by atoms with Gasteiger partial charge in [-0.25, -0.2) is 0 Å². The predicted octanol–water partition coefficient (Wildman–Crippen LogP) is 0.265. The van der Waals surface area contributed by atoms with Gasteiger partial charge >= 0.3 is 0 Å². The number of benzene rings is 1. The molecule has 23 heavy (non-hydrogen) atoms. The third-order valence-electron chi connectivity index (χ3n) is 4.84. The fraction of sp³-hybridized carbons (Fsp3) is 0.471. The first-order valence-electron chi connectivity index (χ1n) is 7.91. The predicted molar refractivity (Wildman–Crippen MR) is 84.5 cm³/mol. The van der Waals surface area contributed by atoms with Crippen LogP contribution in [0.2, 0.25) is 0 Å². The summed E-state index contributed by atoms with van der Waals surface area (Å²) in [5, 5.41) is 0. The number of nitrogens with zero attached hydrogens (tertiary/aromatic N) is 2. The molecule has 0 spiro atoms. The summed E-state index contributed by atoms with van der Waals surface area (Å²) >= 11 is 0. The van der Waals surface area contributed by atoms with Crippen molar-refractivity contribution < 1.29 is 14.4 Å². The number of amides is 3. The van der Waals surface area contributed by atoms with Crippen LogP contribution >= 0.6 is 0 Å². The molecule has 0 aromatic heterocycles. The standard InChI is InChI=1S/C17H21N3O3/c1-11-8-20(9-14(11)16(18)22)15(21)10-19-7-6-12-4-2-3-5-13(12)17(19)23/h2-5,11,14H,6-10H2,1H3,(H2,18,22)/t11-,14-/m1/s1. The van der Waals surface area contributed by atoms with Crippen molar-refractivity contribution in [2.45, 2.75) is 13.3 Å². The van der Waals surface area contributed by atoms with Crippen LogP contribution in [-0.2, 0) is 16.0 Å². The molecule has 1 aromatic carbocycles. The molecule has 2 aliphatic heterocycles. The van der Waals surface area contributed by atoms with Crippen molar-refractivity contribution in [2.75, 3.05) is 26.2 Å². The lowest BCUT2D eigenvalue weighted by Gasteiger charge is -2.29. The van der Waals surface area contributed by atoms with Crippen molar-refractivity contribution in [3.05, 3.63) is 35.4 Å². The summed E-state index contributed by atoms with van der Waals surface area (Å²) in [6.07, 6.45) is 0.759. The van der Waals surface area contributed by atoms with Crippen molar-refractivity contribution in [1.82, 2.24) is 9.80 Å². The first-order valence-corrected chi connectivity index (χ1v) is 7.91. The number of hydrogen-bond acceptors (Lipinski definition) is 3. The van der Waals surface area contributed by atoms with E-state index in [1.165, 1.54) is 0 Å². The largest absolute Gasteiger partial charge is 0.369 e. The number of rotatable bonds is 3. The van der Waals surface area contributed by atoms with Gasteiger partial charge in [0.25, 0.3) is 5.91 Å². The number of primary amides is 1. The molecule has 2 heterocycles. The molecule has 3 amide bonds. The van der Waals surface area contributed by atoms with Gasteiger partial charge in [-0.2, -0.15) is 0 Å². The summed E-state index contributed by atoms with van der Waals surface area (Å²) in [4.78, 5) is 39.6. The van der Waals surface area contributed by atoms with E-state index in [2.05, 4.69) is 0 Å². The van der Waals surface area contributed by atoms with Crippen LogP contribution in [-0.4, -0.2) is 53.7 Å². The van der Waals surface area contributed by atoms with Crippen LogP contribution in [0.4, 0.5) is 0 Å². The maximum absolute atomic E-state index is 12.5. The lowest BCUT2D eigenvalue weighted by atomic mass is 9.98. The van der Waals surface area contributed by atoms with E-state index in [-0.39, 0.29) is 36.1 Å². The van der Waals surface area contributed by atoms with Crippen LogP contribution < -0.4 is 5.73 Å². The highest BCUT2D eigenvalue weighted by atomic mass is 16.2. The maximum atomic E-state index is 12.5. The molecule has 0 aliphatic carbocycles. The number of likely N-dealkylation sites (tertiary alicyclic amines) is 1. The summed E-state index contributed by atoms with van der Waals surface area (Å²) in [5.41, 5.74) is 7.08. The summed E-state index contributed by atoms with van der Waals surface area (Å²) < 4.78 is 0. The minimum Gasteiger partial charge on any atom is -0.369 e. The van der Waals surface area contributed by atoms with Gasteiger partial charge in [-0.15, -0.1) is 0 Å². The quantitative estimate of drug-likeness (QED) is 0.868. The Balaban J connectivity index is 1.66. The van der Waals surface area contributed by atoms with Crippen LogP contribution in [0.3, 0.4) is 0 Å². The Labute approximate surface area is 135 Å². The third-order valence-corrected chi connectivity index (χ3v) is 4.84. The monoisotopic (exact) mass is 315 g/mol. The highest BCUT2D eigenvalue weighted by molar-refractivity contribution is 5.98. The Morgan fingerprint density at radius 1 is 1.26 bits per heavy atom. The normalized spacial score (nSPS) is 23.8. The zero-order valence-electron chi connectivity index (χ0n) is 13.2. The summed E-state index contributed by atoms with van der Waals surface area (Å²) in [6, 6.07) is 7.51. The van der Waals surface area contributed by atoms with E-state index in [1.807, 2.05) is 25.1 Å². The molecule has 0 radical (unpaired) electrons. The van der Waals surface area contributed by atoms with Gasteiger partial charge in [0.1, 0.15) is 6.54 Å². The zero-order valence-corrected chi connectivity index (χ0v) is 13.2. The van der Waals surface area contributed by atoms with E-state index in [1.54, 1.807) is 15.9 Å². The Morgan fingerprint density at radius 3 is 2.70 bits per heavy atom. The molecule has 1 saturated heterocycles. The fourth-order valence-corrected chi connectivity index (χ4v) is 3.43. The van der Waals surface area contributed by atoms with E-state index >= 15 is 0 Å². The molecule has 122 valence electrons. The van der Waals surface area contributed by atoms with E-state index in [0.29, 0.717) is 25.2 Å². The molecule has 2 N–H and O–H groups in total. The molecular weight excluding hydrogens is 294 g/mol. The van der Waals surface area contributed by atoms with E-state index in [9.17, 15) is 14.4 Å². The van der Waals surface area contributed by atoms with Gasteiger partial charge in [0.15, 0.2) is 0 Å². The molecule has 2 aliphatic rings. The number of carbonyl (C=O) groups is 3. The van der Waals surface area contributed by atoms with Gasteiger partial charge < -0.3 is 15.5 Å². The maximum Gasteiger partial charge on any atom is 0.254 e. The van der Waals surface area contributed by atoms with Gasteiger partial charge in [0.2, 0.25) is 11.8 Å². The molecular formula is C17H21N3O3. The number of nitrogens with two attached hydrogens (primary N) is 1. The molecule has 3 rings (SSSR count). The minimum absolute atomic E-state index is 0.0609. The molecule has 6 heteroatoms. The number of carbonyl (C=O) groups excluding carboxylic acids is 3. The second-order valence-electron chi connectivity index (χ2n) is 6.42. The molecule has 0 saturated carbocycles. The molecule has 2 atom stereocenters. The van der Waals surface area contributed by atoms with E-state index in [4.69, 9.17) is 5.73 Å². The smallest absolute Gasteiger partial charge is 0.254 e. The molecule has 1 fully saturated rings. The fourth-order valence-electron chi connectivity index (χ4n) is 3.43. The molecule has 0 unspecified atom stereocenters. The van der Waals surface area contributed by atoms with Crippen LogP contribution in [0, 0.1) is 11.8 Å². The van der Waals surface area contributed by atoms with Gasteiger partial charge in [-0.3, -0.25) is 14.4 Å². The second-order valence-corrected chi connectivity index (χ2v) is 6.42.